The minimum Gasteiger partial charge on any atom is -0.508 e. The first kappa shape index (κ1) is 11.5. The van der Waals surface area contributed by atoms with E-state index in [2.05, 4.69) is 25.2 Å². The number of rotatable bonds is 4. The zero-order valence-electron chi connectivity index (χ0n) is 10.2. The van der Waals surface area contributed by atoms with Crippen molar-refractivity contribution in [1.29, 1.82) is 0 Å². The molecular formula is C14H21NO. The molecule has 88 valence electrons. The average Bonchev–Trinajstić information content (AvgIpc) is 2.63. The van der Waals surface area contributed by atoms with Crippen LogP contribution in [-0.4, -0.2) is 11.7 Å². The normalized spacial score (nSPS) is 19.1. The van der Waals surface area contributed by atoms with E-state index in [1.807, 2.05) is 6.07 Å². The molecule has 1 unspecified atom stereocenters. The molecule has 0 radical (unpaired) electrons. The number of nitrogens with one attached hydrogen (secondary N) is 1. The average molecular weight is 219 g/mol. The molecule has 0 bridgehead atoms. The van der Waals surface area contributed by atoms with Crippen LogP contribution in [0.15, 0.2) is 18.2 Å². The van der Waals surface area contributed by atoms with E-state index in [0.29, 0.717) is 11.8 Å². The van der Waals surface area contributed by atoms with Crippen LogP contribution in [0.25, 0.3) is 0 Å². The number of aromatic hydroxyl groups is 1. The Balaban J connectivity index is 1.98. The summed E-state index contributed by atoms with van der Waals surface area (Å²) >= 11 is 0. The first-order valence-electron chi connectivity index (χ1n) is 6.22. The van der Waals surface area contributed by atoms with Crippen LogP contribution in [0.3, 0.4) is 0 Å². The van der Waals surface area contributed by atoms with Crippen LogP contribution in [0.1, 0.15) is 43.9 Å². The highest BCUT2D eigenvalue weighted by molar-refractivity contribution is 5.44. The van der Waals surface area contributed by atoms with Crippen LogP contribution in [-0.2, 0) is 6.42 Å². The van der Waals surface area contributed by atoms with E-state index in [1.54, 1.807) is 6.07 Å². The maximum absolute atomic E-state index is 9.73. The Morgan fingerprint density at radius 3 is 3.00 bits per heavy atom. The molecule has 1 aliphatic rings. The molecule has 0 amide bonds. The van der Waals surface area contributed by atoms with Gasteiger partial charge in [0.25, 0.3) is 0 Å². The Morgan fingerprint density at radius 2 is 2.25 bits per heavy atom. The van der Waals surface area contributed by atoms with Gasteiger partial charge in [-0.1, -0.05) is 26.0 Å². The Morgan fingerprint density at radius 1 is 1.44 bits per heavy atom. The van der Waals surface area contributed by atoms with Crippen molar-refractivity contribution in [2.45, 2.75) is 39.2 Å². The highest BCUT2D eigenvalue weighted by Crippen LogP contribution is 2.36. The molecule has 2 heteroatoms. The predicted molar refractivity (Wildman–Crippen MR) is 66.6 cm³/mol. The van der Waals surface area contributed by atoms with Gasteiger partial charge < -0.3 is 10.4 Å². The predicted octanol–water partition coefficient (Wildman–Crippen LogP) is 3.02. The lowest BCUT2D eigenvalue weighted by atomic mass is 10.1. The molecule has 0 aliphatic heterocycles. The fraction of sp³-hybridized carbons (Fsp3) is 0.571. The smallest absolute Gasteiger partial charge is 0.119 e. The van der Waals surface area contributed by atoms with Crippen LogP contribution in [0, 0.1) is 5.92 Å². The van der Waals surface area contributed by atoms with E-state index >= 15 is 0 Å². The van der Waals surface area contributed by atoms with Gasteiger partial charge in [0, 0.05) is 6.04 Å². The zero-order chi connectivity index (χ0) is 11.5. The lowest BCUT2D eigenvalue weighted by Gasteiger charge is -2.15. The maximum atomic E-state index is 9.73. The summed E-state index contributed by atoms with van der Waals surface area (Å²) in [6.07, 6.45) is 3.33. The van der Waals surface area contributed by atoms with Crippen LogP contribution in [0.2, 0.25) is 0 Å². The minimum absolute atomic E-state index is 0.445. The zero-order valence-corrected chi connectivity index (χ0v) is 10.2. The third kappa shape index (κ3) is 2.38. The van der Waals surface area contributed by atoms with Gasteiger partial charge in [-0.2, -0.15) is 0 Å². The highest BCUT2D eigenvalue weighted by Gasteiger charge is 2.23. The highest BCUT2D eigenvalue weighted by atomic mass is 16.3. The molecule has 0 spiro atoms. The third-order valence-corrected chi connectivity index (χ3v) is 3.36. The van der Waals surface area contributed by atoms with Crippen molar-refractivity contribution in [2.75, 3.05) is 6.54 Å². The van der Waals surface area contributed by atoms with Crippen molar-refractivity contribution >= 4 is 0 Å². The van der Waals surface area contributed by atoms with Crippen molar-refractivity contribution < 1.29 is 5.11 Å². The van der Waals surface area contributed by atoms with Gasteiger partial charge in [0.2, 0.25) is 0 Å². The number of fused-ring (bicyclic) bond motifs is 1. The summed E-state index contributed by atoms with van der Waals surface area (Å²) in [5.74, 6) is 1.21. The Kier molecular flexibility index (Phi) is 3.49. The molecule has 2 rings (SSSR count). The number of benzene rings is 1. The van der Waals surface area contributed by atoms with E-state index in [0.717, 1.165) is 30.9 Å². The minimum atomic E-state index is 0.445. The number of hydrogen-bond acceptors (Lipinski definition) is 2. The van der Waals surface area contributed by atoms with E-state index in [4.69, 9.17) is 0 Å². The quantitative estimate of drug-likeness (QED) is 0.816. The second-order valence-electron chi connectivity index (χ2n) is 5.07. The van der Waals surface area contributed by atoms with E-state index in [9.17, 15) is 5.11 Å². The van der Waals surface area contributed by atoms with Crippen molar-refractivity contribution in [2.24, 2.45) is 5.92 Å². The molecule has 1 atom stereocenters. The fourth-order valence-corrected chi connectivity index (χ4v) is 2.39. The topological polar surface area (TPSA) is 32.3 Å². The van der Waals surface area contributed by atoms with Gasteiger partial charge in [-0.3, -0.25) is 0 Å². The molecule has 0 saturated heterocycles. The standard InChI is InChI=1S/C14H21NO/c1-10(2)8-9-15-13-7-6-12-11(13)4-3-5-14(12)16/h3-5,10,13,15-16H,6-9H2,1-2H3. The lowest BCUT2D eigenvalue weighted by molar-refractivity contribution is 0.469. The van der Waals surface area contributed by atoms with E-state index in [-0.39, 0.29) is 0 Å². The SMILES string of the molecule is CC(C)CCNC1CCc2c(O)cccc21. The van der Waals surface area contributed by atoms with Gasteiger partial charge >= 0.3 is 0 Å². The first-order chi connectivity index (χ1) is 7.68. The Bertz CT molecular complexity index is 360. The maximum Gasteiger partial charge on any atom is 0.119 e. The van der Waals surface area contributed by atoms with Gasteiger partial charge in [0.05, 0.1) is 0 Å². The molecule has 0 heterocycles. The van der Waals surface area contributed by atoms with Crippen molar-refractivity contribution in [1.82, 2.24) is 5.32 Å². The second kappa shape index (κ2) is 4.88. The van der Waals surface area contributed by atoms with E-state index < -0.39 is 0 Å². The Labute approximate surface area is 97.7 Å². The summed E-state index contributed by atoms with van der Waals surface area (Å²) in [5.41, 5.74) is 2.44. The number of phenolic OH excluding ortho intramolecular Hbond substituents is 1. The van der Waals surface area contributed by atoms with Crippen molar-refractivity contribution in [3.05, 3.63) is 29.3 Å². The monoisotopic (exact) mass is 219 g/mol. The van der Waals surface area contributed by atoms with Crippen molar-refractivity contribution in [3.63, 3.8) is 0 Å². The summed E-state index contributed by atoms with van der Waals surface area (Å²) in [6.45, 7) is 5.56. The largest absolute Gasteiger partial charge is 0.508 e. The van der Waals surface area contributed by atoms with E-state index in [1.165, 1.54) is 12.0 Å². The fourth-order valence-electron chi connectivity index (χ4n) is 2.39. The van der Waals surface area contributed by atoms with Crippen LogP contribution < -0.4 is 5.32 Å². The lowest BCUT2D eigenvalue weighted by Crippen LogP contribution is -2.21. The van der Waals surface area contributed by atoms with Crippen LogP contribution in [0.4, 0.5) is 0 Å². The summed E-state index contributed by atoms with van der Waals surface area (Å²) in [5, 5.41) is 13.3. The van der Waals surface area contributed by atoms with Crippen LogP contribution in [0.5, 0.6) is 5.75 Å². The van der Waals surface area contributed by atoms with Crippen LogP contribution >= 0.6 is 0 Å². The van der Waals surface area contributed by atoms with Gasteiger partial charge in [-0.15, -0.1) is 0 Å². The molecule has 16 heavy (non-hydrogen) atoms. The molecule has 1 aromatic carbocycles. The van der Waals surface area contributed by atoms with Gasteiger partial charge in [0.15, 0.2) is 0 Å². The molecule has 2 N–H and O–H groups in total. The Hall–Kier alpha value is -1.02. The molecular weight excluding hydrogens is 198 g/mol. The molecule has 0 fully saturated rings. The number of hydrogen-bond donors (Lipinski definition) is 2. The van der Waals surface area contributed by atoms with Crippen molar-refractivity contribution in [3.8, 4) is 5.75 Å². The summed E-state index contributed by atoms with van der Waals surface area (Å²) < 4.78 is 0. The number of phenols is 1. The molecule has 1 aliphatic carbocycles. The van der Waals surface area contributed by atoms with Gasteiger partial charge in [0.1, 0.15) is 5.75 Å². The molecule has 2 nitrogen and oxygen atoms in total. The molecule has 0 aromatic heterocycles. The van der Waals surface area contributed by atoms with Gasteiger partial charge in [-0.05, 0) is 48.9 Å². The summed E-state index contributed by atoms with van der Waals surface area (Å²) in [7, 11) is 0. The molecule has 1 aromatic rings. The van der Waals surface area contributed by atoms with Gasteiger partial charge in [-0.25, -0.2) is 0 Å². The molecule has 0 saturated carbocycles. The first-order valence-corrected chi connectivity index (χ1v) is 6.22. The summed E-state index contributed by atoms with van der Waals surface area (Å²) in [6, 6.07) is 6.31. The third-order valence-electron chi connectivity index (χ3n) is 3.36. The second-order valence-corrected chi connectivity index (χ2v) is 5.07. The summed E-state index contributed by atoms with van der Waals surface area (Å²) in [4.78, 5) is 0.